The molecule has 6 heteroatoms. The Labute approximate surface area is 140 Å². The van der Waals surface area contributed by atoms with E-state index in [9.17, 15) is 17.6 Å². The monoisotopic (exact) mass is 344 g/mol. The minimum atomic E-state index is -4.67. The van der Waals surface area contributed by atoms with Gasteiger partial charge < -0.3 is 5.32 Å². The predicted molar refractivity (Wildman–Crippen MR) is 87.3 cm³/mol. The summed E-state index contributed by atoms with van der Waals surface area (Å²) in [5, 5.41) is 3.25. The van der Waals surface area contributed by atoms with Gasteiger partial charge in [-0.3, -0.25) is 4.90 Å². The van der Waals surface area contributed by atoms with Crippen LogP contribution in [0.4, 0.5) is 17.6 Å². The summed E-state index contributed by atoms with van der Waals surface area (Å²) in [6, 6.07) is 3.30. The Morgan fingerprint density at radius 1 is 1.21 bits per heavy atom. The molecule has 1 fully saturated rings. The molecule has 2 nitrogen and oxygen atoms in total. The molecule has 0 amide bonds. The molecule has 1 aromatic rings. The third-order valence-corrected chi connectivity index (χ3v) is 4.41. The second kappa shape index (κ2) is 8.62. The van der Waals surface area contributed by atoms with Crippen molar-refractivity contribution >= 4 is 0 Å². The summed E-state index contributed by atoms with van der Waals surface area (Å²) in [6.07, 6.45) is 0.692. The van der Waals surface area contributed by atoms with Crippen molar-refractivity contribution in [1.82, 2.24) is 10.2 Å². The fourth-order valence-corrected chi connectivity index (χ4v) is 3.15. The second-order valence-electron chi connectivity index (χ2n) is 6.11. The first-order valence-corrected chi connectivity index (χ1v) is 8.36. The minimum absolute atomic E-state index is 0.112. The lowest BCUT2D eigenvalue weighted by molar-refractivity contribution is -0.140. The average molecular weight is 344 g/mol. The van der Waals surface area contributed by atoms with Gasteiger partial charge in [-0.05, 0) is 37.0 Å². The molecule has 134 valence electrons. The van der Waals surface area contributed by atoms with Gasteiger partial charge in [-0.1, -0.05) is 18.6 Å². The van der Waals surface area contributed by atoms with E-state index in [1.807, 2.05) is 6.08 Å². The Kier molecular flexibility index (Phi) is 6.80. The SMILES string of the molecule is C=CCCCC[C@H](c1ccc(F)c(C(F)(F)F)c1)N1CCNCC1. The summed E-state index contributed by atoms with van der Waals surface area (Å²) in [6.45, 7) is 6.89. The van der Waals surface area contributed by atoms with Gasteiger partial charge >= 0.3 is 6.18 Å². The fraction of sp³-hybridized carbons (Fsp3) is 0.556. The quantitative estimate of drug-likeness (QED) is 0.444. The Bertz CT molecular complexity index is 536. The summed E-state index contributed by atoms with van der Waals surface area (Å²) in [5.74, 6) is -1.21. The number of hydrogen-bond donors (Lipinski definition) is 1. The largest absolute Gasteiger partial charge is 0.419 e. The molecule has 0 unspecified atom stereocenters. The van der Waals surface area contributed by atoms with E-state index in [1.165, 1.54) is 6.07 Å². The molecule has 0 saturated carbocycles. The molecule has 2 rings (SSSR count). The Hall–Kier alpha value is -1.40. The maximum Gasteiger partial charge on any atom is 0.419 e. The third-order valence-electron chi connectivity index (χ3n) is 4.41. The summed E-state index contributed by atoms with van der Waals surface area (Å²) in [7, 11) is 0. The summed E-state index contributed by atoms with van der Waals surface area (Å²) in [4.78, 5) is 2.19. The molecule has 0 aliphatic carbocycles. The van der Waals surface area contributed by atoms with Crippen molar-refractivity contribution in [1.29, 1.82) is 0 Å². The van der Waals surface area contributed by atoms with Crippen LogP contribution in [-0.2, 0) is 6.18 Å². The molecule has 0 radical (unpaired) electrons. The first-order valence-electron chi connectivity index (χ1n) is 8.36. The van der Waals surface area contributed by atoms with Gasteiger partial charge in [-0.25, -0.2) is 4.39 Å². The number of halogens is 4. The molecule has 1 N–H and O–H groups in total. The highest BCUT2D eigenvalue weighted by molar-refractivity contribution is 5.29. The van der Waals surface area contributed by atoms with Crippen LogP contribution in [-0.4, -0.2) is 31.1 Å². The molecule has 1 heterocycles. The van der Waals surface area contributed by atoms with Gasteiger partial charge in [-0.15, -0.1) is 6.58 Å². The van der Waals surface area contributed by atoms with Gasteiger partial charge in [0.2, 0.25) is 0 Å². The number of unbranched alkanes of at least 4 members (excludes halogenated alkanes) is 2. The van der Waals surface area contributed by atoms with E-state index in [2.05, 4.69) is 16.8 Å². The smallest absolute Gasteiger partial charge is 0.314 e. The molecule has 1 aliphatic rings. The molecule has 0 aromatic heterocycles. The van der Waals surface area contributed by atoms with Crippen molar-refractivity contribution in [3.63, 3.8) is 0 Å². The number of alkyl halides is 3. The van der Waals surface area contributed by atoms with Crippen molar-refractivity contribution in [2.45, 2.75) is 37.9 Å². The Morgan fingerprint density at radius 2 is 1.92 bits per heavy atom. The molecule has 1 atom stereocenters. The van der Waals surface area contributed by atoms with Crippen LogP contribution in [0, 0.1) is 5.82 Å². The Morgan fingerprint density at radius 3 is 2.54 bits per heavy atom. The van der Waals surface area contributed by atoms with E-state index in [1.54, 1.807) is 0 Å². The van der Waals surface area contributed by atoms with Crippen molar-refractivity contribution in [2.24, 2.45) is 0 Å². The van der Waals surface area contributed by atoms with E-state index in [0.29, 0.717) is 5.56 Å². The number of piperazine rings is 1. The highest BCUT2D eigenvalue weighted by Crippen LogP contribution is 2.35. The lowest BCUT2D eigenvalue weighted by Crippen LogP contribution is -2.45. The molecule has 1 saturated heterocycles. The molecular weight excluding hydrogens is 320 g/mol. The fourth-order valence-electron chi connectivity index (χ4n) is 3.15. The number of rotatable bonds is 7. The maximum absolute atomic E-state index is 13.6. The van der Waals surface area contributed by atoms with Gasteiger partial charge in [0.15, 0.2) is 0 Å². The van der Waals surface area contributed by atoms with Gasteiger partial charge in [0.25, 0.3) is 0 Å². The number of benzene rings is 1. The van der Waals surface area contributed by atoms with E-state index in [0.717, 1.165) is 64.0 Å². The van der Waals surface area contributed by atoms with Crippen LogP contribution in [0.15, 0.2) is 30.9 Å². The van der Waals surface area contributed by atoms with Gasteiger partial charge in [0, 0.05) is 32.2 Å². The highest BCUT2D eigenvalue weighted by Gasteiger charge is 2.35. The maximum atomic E-state index is 13.6. The zero-order valence-corrected chi connectivity index (χ0v) is 13.7. The van der Waals surface area contributed by atoms with E-state index < -0.39 is 17.6 Å². The van der Waals surface area contributed by atoms with Crippen molar-refractivity contribution in [2.75, 3.05) is 26.2 Å². The van der Waals surface area contributed by atoms with Gasteiger partial charge in [0.05, 0.1) is 5.56 Å². The van der Waals surface area contributed by atoms with Crippen LogP contribution in [0.2, 0.25) is 0 Å². The van der Waals surface area contributed by atoms with Crippen LogP contribution in [0.5, 0.6) is 0 Å². The minimum Gasteiger partial charge on any atom is -0.314 e. The molecule has 1 aromatic carbocycles. The van der Waals surface area contributed by atoms with E-state index >= 15 is 0 Å². The molecule has 1 aliphatic heterocycles. The van der Waals surface area contributed by atoms with Gasteiger partial charge in [0.1, 0.15) is 5.82 Å². The molecule has 24 heavy (non-hydrogen) atoms. The normalized spacial score (nSPS) is 17.7. The lowest BCUT2D eigenvalue weighted by atomic mass is 9.96. The van der Waals surface area contributed by atoms with E-state index in [4.69, 9.17) is 0 Å². The average Bonchev–Trinajstić information content (AvgIpc) is 2.55. The van der Waals surface area contributed by atoms with Crippen LogP contribution in [0.3, 0.4) is 0 Å². The highest BCUT2D eigenvalue weighted by atomic mass is 19.4. The third kappa shape index (κ3) is 5.05. The van der Waals surface area contributed by atoms with Crippen LogP contribution >= 0.6 is 0 Å². The zero-order chi connectivity index (χ0) is 17.6. The van der Waals surface area contributed by atoms with Crippen LogP contribution in [0.1, 0.15) is 42.9 Å². The van der Waals surface area contributed by atoms with Crippen molar-refractivity contribution in [3.8, 4) is 0 Å². The first kappa shape index (κ1) is 18.9. The Balaban J connectivity index is 2.23. The summed E-state index contributed by atoms with van der Waals surface area (Å²) in [5.41, 5.74) is -0.629. The zero-order valence-electron chi connectivity index (χ0n) is 13.7. The van der Waals surface area contributed by atoms with Crippen LogP contribution in [0.25, 0.3) is 0 Å². The molecule has 0 spiro atoms. The van der Waals surface area contributed by atoms with Gasteiger partial charge in [-0.2, -0.15) is 13.2 Å². The number of hydrogen-bond acceptors (Lipinski definition) is 2. The number of nitrogens with zero attached hydrogens (tertiary/aromatic N) is 1. The topological polar surface area (TPSA) is 15.3 Å². The van der Waals surface area contributed by atoms with Crippen molar-refractivity contribution < 1.29 is 17.6 Å². The summed E-state index contributed by atoms with van der Waals surface area (Å²) >= 11 is 0. The van der Waals surface area contributed by atoms with Crippen LogP contribution < -0.4 is 5.32 Å². The molecule has 0 bridgehead atoms. The number of allylic oxidation sites excluding steroid dienone is 1. The molecular formula is C18H24F4N2. The summed E-state index contributed by atoms with van der Waals surface area (Å²) < 4.78 is 52.6. The first-order chi connectivity index (χ1) is 11.4. The number of nitrogens with one attached hydrogen (secondary N) is 1. The van der Waals surface area contributed by atoms with Crippen molar-refractivity contribution in [3.05, 3.63) is 47.8 Å². The van der Waals surface area contributed by atoms with E-state index in [-0.39, 0.29) is 6.04 Å². The standard InChI is InChI=1S/C18H24F4N2/c1-2-3-4-5-6-17(24-11-9-23-10-12-24)14-7-8-16(19)15(13-14)18(20,21)22/h2,7-8,13,17,23H,1,3-6,9-12H2/t17-/m1/s1. The lowest BCUT2D eigenvalue weighted by Gasteiger charge is -2.35. The second-order valence-corrected chi connectivity index (χ2v) is 6.11. The predicted octanol–water partition coefficient (Wildman–Crippen LogP) is 4.54.